The van der Waals surface area contributed by atoms with Crippen molar-refractivity contribution in [2.24, 2.45) is 0 Å². The lowest BCUT2D eigenvalue weighted by Gasteiger charge is -2.22. The summed E-state index contributed by atoms with van der Waals surface area (Å²) in [5.41, 5.74) is 2.62. The average Bonchev–Trinajstić information content (AvgIpc) is 3.11. The van der Waals surface area contributed by atoms with E-state index in [4.69, 9.17) is 4.52 Å². The molecule has 170 valence electrons. The second kappa shape index (κ2) is 8.97. The van der Waals surface area contributed by atoms with E-state index in [1.807, 2.05) is 13.8 Å². The average molecular weight is 448 g/mol. The first-order valence-electron chi connectivity index (χ1n) is 10.0. The monoisotopic (exact) mass is 448 g/mol. The highest BCUT2D eigenvalue weighted by Gasteiger charge is 2.41. The van der Waals surface area contributed by atoms with Gasteiger partial charge in [-0.1, -0.05) is 31.1 Å². The Bertz CT molecular complexity index is 1160. The number of benzene rings is 1. The normalized spacial score (nSPS) is 11.8. The van der Waals surface area contributed by atoms with Crippen molar-refractivity contribution < 1.29 is 27.3 Å². The zero-order valence-electron chi connectivity index (χ0n) is 18.1. The van der Waals surface area contributed by atoms with Crippen LogP contribution in [-0.4, -0.2) is 39.6 Å². The van der Waals surface area contributed by atoms with Gasteiger partial charge in [-0.25, -0.2) is 4.98 Å². The van der Waals surface area contributed by atoms with Crippen LogP contribution < -0.4 is 5.32 Å². The van der Waals surface area contributed by atoms with E-state index in [0.29, 0.717) is 38.5 Å². The number of aromatic nitrogens is 2. The summed E-state index contributed by atoms with van der Waals surface area (Å²) in [5.74, 6) is -2.29. The highest BCUT2D eigenvalue weighted by Crippen LogP contribution is 2.26. The molecule has 10 heteroatoms. The number of nitrogens with one attached hydrogen (secondary N) is 1. The van der Waals surface area contributed by atoms with Crippen LogP contribution in [0.25, 0.3) is 11.1 Å². The van der Waals surface area contributed by atoms with Crippen molar-refractivity contribution in [3.8, 4) is 0 Å². The number of alkyl halides is 3. The van der Waals surface area contributed by atoms with Crippen molar-refractivity contribution in [2.45, 2.75) is 46.3 Å². The molecule has 0 fully saturated rings. The molecule has 0 unspecified atom stereocenters. The highest BCUT2D eigenvalue weighted by molar-refractivity contribution is 6.12. The minimum Gasteiger partial charge on any atom is -0.336 e. The van der Waals surface area contributed by atoms with Crippen molar-refractivity contribution in [1.29, 1.82) is 0 Å². The number of amides is 2. The van der Waals surface area contributed by atoms with Crippen LogP contribution in [0.1, 0.15) is 54.0 Å². The molecule has 0 aliphatic heterocycles. The molecule has 0 aliphatic rings. The summed E-state index contributed by atoms with van der Waals surface area (Å²) in [7, 11) is 0. The van der Waals surface area contributed by atoms with E-state index in [2.05, 4.69) is 15.5 Å². The maximum absolute atomic E-state index is 13.1. The number of nitrogens with zero attached hydrogens (tertiary/aromatic N) is 3. The van der Waals surface area contributed by atoms with E-state index >= 15 is 0 Å². The summed E-state index contributed by atoms with van der Waals surface area (Å²) in [6, 6.07) is 8.02. The predicted molar refractivity (Wildman–Crippen MR) is 112 cm³/mol. The maximum Gasteiger partial charge on any atom is 0.471 e. The fraction of sp³-hybridized carbons (Fsp3) is 0.364. The topological polar surface area (TPSA) is 88.3 Å². The Morgan fingerprint density at radius 2 is 1.94 bits per heavy atom. The van der Waals surface area contributed by atoms with Crippen LogP contribution >= 0.6 is 0 Å². The quantitative estimate of drug-likeness (QED) is 0.584. The zero-order valence-corrected chi connectivity index (χ0v) is 18.1. The molecule has 0 bridgehead atoms. The molecule has 0 saturated heterocycles. The van der Waals surface area contributed by atoms with E-state index < -0.39 is 18.0 Å². The highest BCUT2D eigenvalue weighted by atomic mass is 19.4. The van der Waals surface area contributed by atoms with Crippen LogP contribution in [0.2, 0.25) is 0 Å². The SMILES string of the molecule is CCN(Cc1cccc(NC(=O)c2cc(C(C)C)nc3onc(C)c23)c1)C(=O)C(F)(F)F. The second-order valence-electron chi connectivity index (χ2n) is 7.67. The molecule has 32 heavy (non-hydrogen) atoms. The van der Waals surface area contributed by atoms with Gasteiger partial charge < -0.3 is 14.7 Å². The number of fused-ring (bicyclic) bond motifs is 1. The van der Waals surface area contributed by atoms with Crippen molar-refractivity contribution >= 4 is 28.6 Å². The molecule has 2 heterocycles. The Hall–Kier alpha value is -3.43. The summed E-state index contributed by atoms with van der Waals surface area (Å²) in [6.45, 7) is 6.71. The zero-order chi connectivity index (χ0) is 23.6. The largest absolute Gasteiger partial charge is 0.471 e. The van der Waals surface area contributed by atoms with Gasteiger partial charge in [0.15, 0.2) is 0 Å². The third-order valence-electron chi connectivity index (χ3n) is 4.94. The van der Waals surface area contributed by atoms with Crippen LogP contribution in [0.15, 0.2) is 34.9 Å². The Morgan fingerprint density at radius 3 is 2.56 bits per heavy atom. The van der Waals surface area contributed by atoms with Crippen LogP contribution in [0.3, 0.4) is 0 Å². The smallest absolute Gasteiger partial charge is 0.336 e. The summed E-state index contributed by atoms with van der Waals surface area (Å²) in [4.78, 5) is 29.7. The third-order valence-corrected chi connectivity index (χ3v) is 4.94. The van der Waals surface area contributed by atoms with Gasteiger partial charge in [-0.05, 0) is 43.5 Å². The molecule has 0 atom stereocenters. The molecule has 3 rings (SSSR count). The number of carbonyl (C=O) groups is 2. The van der Waals surface area contributed by atoms with Gasteiger partial charge in [0.2, 0.25) is 0 Å². The molecule has 0 spiro atoms. The van der Waals surface area contributed by atoms with Gasteiger partial charge in [-0.2, -0.15) is 13.2 Å². The number of hydrogen-bond donors (Lipinski definition) is 1. The Morgan fingerprint density at radius 1 is 1.22 bits per heavy atom. The molecule has 0 aliphatic carbocycles. The number of aryl methyl sites for hydroxylation is 1. The molecule has 0 radical (unpaired) electrons. The molecule has 3 aromatic rings. The number of pyridine rings is 1. The number of rotatable bonds is 6. The van der Waals surface area contributed by atoms with Gasteiger partial charge in [0.1, 0.15) is 0 Å². The van der Waals surface area contributed by atoms with E-state index in [-0.39, 0.29) is 24.7 Å². The second-order valence-corrected chi connectivity index (χ2v) is 7.67. The third kappa shape index (κ3) is 4.90. The first-order valence-corrected chi connectivity index (χ1v) is 10.0. The number of hydrogen-bond acceptors (Lipinski definition) is 5. The van der Waals surface area contributed by atoms with Crippen LogP contribution in [0, 0.1) is 6.92 Å². The van der Waals surface area contributed by atoms with E-state index in [9.17, 15) is 22.8 Å². The molecular formula is C22H23F3N4O3. The first-order chi connectivity index (χ1) is 15.0. The lowest BCUT2D eigenvalue weighted by molar-refractivity contribution is -0.185. The fourth-order valence-electron chi connectivity index (χ4n) is 3.26. The molecule has 2 aromatic heterocycles. The minimum atomic E-state index is -4.95. The van der Waals surface area contributed by atoms with Gasteiger partial charge in [0.25, 0.3) is 11.6 Å². The van der Waals surface area contributed by atoms with Gasteiger partial charge in [-0.15, -0.1) is 0 Å². The van der Waals surface area contributed by atoms with Gasteiger partial charge in [-0.3, -0.25) is 9.59 Å². The lowest BCUT2D eigenvalue weighted by Crippen LogP contribution is -2.40. The van der Waals surface area contributed by atoms with Gasteiger partial charge >= 0.3 is 12.1 Å². The summed E-state index contributed by atoms with van der Waals surface area (Å²) >= 11 is 0. The van der Waals surface area contributed by atoms with E-state index in [1.165, 1.54) is 13.0 Å². The lowest BCUT2D eigenvalue weighted by atomic mass is 10.0. The Kier molecular flexibility index (Phi) is 6.52. The Labute approximate surface area is 182 Å². The standard InChI is InChI=1S/C22H23F3N4O3/c1-5-29(21(31)22(23,24)25)11-14-7-6-8-15(9-14)26-19(30)16-10-17(12(2)3)27-20-18(16)13(4)28-32-20/h6-10,12H,5,11H2,1-4H3,(H,26,30). The van der Waals surface area contributed by atoms with Gasteiger partial charge in [0.05, 0.1) is 16.6 Å². The predicted octanol–water partition coefficient (Wildman–Crippen LogP) is 4.82. The minimum absolute atomic E-state index is 0.0471. The molecule has 0 saturated carbocycles. The van der Waals surface area contributed by atoms with Crippen molar-refractivity contribution in [3.05, 3.63) is 52.8 Å². The van der Waals surface area contributed by atoms with Crippen LogP contribution in [0.5, 0.6) is 0 Å². The molecule has 1 aromatic carbocycles. The molecule has 7 nitrogen and oxygen atoms in total. The van der Waals surface area contributed by atoms with Crippen molar-refractivity contribution in [3.63, 3.8) is 0 Å². The molecule has 2 amide bonds. The van der Waals surface area contributed by atoms with Crippen LogP contribution in [-0.2, 0) is 11.3 Å². The molecule has 1 N–H and O–H groups in total. The fourth-order valence-corrected chi connectivity index (χ4v) is 3.26. The van der Waals surface area contributed by atoms with Crippen molar-refractivity contribution in [1.82, 2.24) is 15.0 Å². The number of halogens is 3. The van der Waals surface area contributed by atoms with Gasteiger partial charge in [0, 0.05) is 24.5 Å². The first kappa shape index (κ1) is 23.2. The summed E-state index contributed by atoms with van der Waals surface area (Å²) in [5, 5.41) is 7.15. The summed E-state index contributed by atoms with van der Waals surface area (Å²) in [6.07, 6.45) is -4.95. The van der Waals surface area contributed by atoms with Crippen LogP contribution in [0.4, 0.5) is 18.9 Å². The van der Waals surface area contributed by atoms with Crippen molar-refractivity contribution in [2.75, 3.05) is 11.9 Å². The van der Waals surface area contributed by atoms with E-state index in [1.54, 1.807) is 31.2 Å². The Balaban J connectivity index is 1.87. The number of anilines is 1. The summed E-state index contributed by atoms with van der Waals surface area (Å²) < 4.78 is 43.6. The van der Waals surface area contributed by atoms with E-state index in [0.717, 1.165) is 0 Å². The maximum atomic E-state index is 13.1. The number of carbonyl (C=O) groups excluding carboxylic acids is 2. The molecular weight excluding hydrogens is 425 g/mol.